The molecule has 0 aromatic heterocycles. The Morgan fingerprint density at radius 3 is 2.48 bits per heavy atom. The van der Waals surface area contributed by atoms with Crippen LogP contribution < -0.4 is 14.8 Å². The Morgan fingerprint density at radius 1 is 1.14 bits per heavy atom. The van der Waals surface area contributed by atoms with E-state index < -0.39 is 0 Å². The molecule has 0 saturated carbocycles. The maximum Gasteiger partial charge on any atom is 0.123 e. The van der Waals surface area contributed by atoms with Crippen LogP contribution >= 0.6 is 0 Å². The second kappa shape index (κ2) is 9.64. The quantitative estimate of drug-likeness (QED) is 0.671. The van der Waals surface area contributed by atoms with E-state index in [2.05, 4.69) is 19.2 Å². The lowest BCUT2D eigenvalue weighted by Crippen LogP contribution is -2.22. The molecule has 1 aromatic rings. The Hall–Kier alpha value is -1.26. The molecule has 4 nitrogen and oxygen atoms in total. The highest BCUT2D eigenvalue weighted by molar-refractivity contribution is 5.42. The maximum absolute atomic E-state index is 5.81. The van der Waals surface area contributed by atoms with Gasteiger partial charge in [-0.3, -0.25) is 0 Å². The maximum atomic E-state index is 5.81. The Kier molecular flexibility index (Phi) is 8.16. The first-order chi connectivity index (χ1) is 10.1. The SMILES string of the molecule is CNC(COCCCC(C)C)c1cc(OC)ccc1OC. The highest BCUT2D eigenvalue weighted by atomic mass is 16.5. The molecule has 0 aliphatic carbocycles. The van der Waals surface area contributed by atoms with Crippen molar-refractivity contribution in [2.24, 2.45) is 5.92 Å². The summed E-state index contributed by atoms with van der Waals surface area (Å²) >= 11 is 0. The van der Waals surface area contributed by atoms with E-state index in [9.17, 15) is 0 Å². The summed E-state index contributed by atoms with van der Waals surface area (Å²) in [7, 11) is 5.28. The normalized spacial score (nSPS) is 12.5. The number of likely N-dealkylation sites (N-methyl/N-ethyl adjacent to an activating group) is 1. The molecular formula is C17H29NO3. The van der Waals surface area contributed by atoms with Gasteiger partial charge in [0, 0.05) is 12.2 Å². The zero-order chi connectivity index (χ0) is 15.7. The van der Waals surface area contributed by atoms with Gasteiger partial charge in [-0.05, 0) is 44.0 Å². The van der Waals surface area contributed by atoms with Gasteiger partial charge >= 0.3 is 0 Å². The predicted molar refractivity (Wildman–Crippen MR) is 86.2 cm³/mol. The van der Waals surface area contributed by atoms with Crippen LogP contribution in [0.4, 0.5) is 0 Å². The molecule has 120 valence electrons. The summed E-state index contributed by atoms with van der Waals surface area (Å²) in [4.78, 5) is 0. The number of rotatable bonds is 10. The minimum atomic E-state index is 0.0918. The van der Waals surface area contributed by atoms with Gasteiger partial charge in [0.2, 0.25) is 0 Å². The molecule has 21 heavy (non-hydrogen) atoms. The summed E-state index contributed by atoms with van der Waals surface area (Å²) < 4.78 is 16.5. The molecule has 4 heteroatoms. The standard InChI is InChI=1S/C17H29NO3/c1-13(2)7-6-10-21-12-16(18-3)15-11-14(19-4)8-9-17(15)20-5/h8-9,11,13,16,18H,6-7,10,12H2,1-5H3. The van der Waals surface area contributed by atoms with Gasteiger partial charge in [-0.15, -0.1) is 0 Å². The Labute approximate surface area is 128 Å². The average molecular weight is 295 g/mol. The Morgan fingerprint density at radius 2 is 1.90 bits per heavy atom. The fourth-order valence-corrected chi connectivity index (χ4v) is 2.24. The van der Waals surface area contributed by atoms with Crippen LogP contribution in [-0.4, -0.2) is 34.5 Å². The van der Waals surface area contributed by atoms with Crippen molar-refractivity contribution in [2.45, 2.75) is 32.7 Å². The number of benzene rings is 1. The van der Waals surface area contributed by atoms with E-state index in [1.807, 2.05) is 25.2 Å². The average Bonchev–Trinajstić information content (AvgIpc) is 2.50. The van der Waals surface area contributed by atoms with Crippen molar-refractivity contribution in [1.82, 2.24) is 5.32 Å². The molecule has 0 spiro atoms. The van der Waals surface area contributed by atoms with Gasteiger partial charge in [0.1, 0.15) is 11.5 Å². The molecule has 0 aliphatic rings. The van der Waals surface area contributed by atoms with E-state index in [-0.39, 0.29) is 6.04 Å². The monoisotopic (exact) mass is 295 g/mol. The van der Waals surface area contributed by atoms with Crippen LogP contribution in [0.1, 0.15) is 38.3 Å². The van der Waals surface area contributed by atoms with Crippen molar-refractivity contribution >= 4 is 0 Å². The number of hydrogen-bond donors (Lipinski definition) is 1. The van der Waals surface area contributed by atoms with E-state index in [1.54, 1.807) is 14.2 Å². The first kappa shape index (κ1) is 17.8. The highest BCUT2D eigenvalue weighted by Crippen LogP contribution is 2.29. The van der Waals surface area contributed by atoms with Gasteiger partial charge < -0.3 is 19.5 Å². The smallest absolute Gasteiger partial charge is 0.123 e. The zero-order valence-corrected chi connectivity index (χ0v) is 13.9. The third kappa shape index (κ3) is 5.94. The summed E-state index contributed by atoms with van der Waals surface area (Å²) in [6, 6.07) is 5.92. The minimum Gasteiger partial charge on any atom is -0.497 e. The summed E-state index contributed by atoms with van der Waals surface area (Å²) in [6.07, 6.45) is 2.30. The van der Waals surface area contributed by atoms with Crippen molar-refractivity contribution in [1.29, 1.82) is 0 Å². The topological polar surface area (TPSA) is 39.7 Å². The molecule has 1 unspecified atom stereocenters. The van der Waals surface area contributed by atoms with Crippen molar-refractivity contribution in [3.05, 3.63) is 23.8 Å². The fourth-order valence-electron chi connectivity index (χ4n) is 2.24. The summed E-state index contributed by atoms with van der Waals surface area (Å²) in [6.45, 7) is 5.88. The van der Waals surface area contributed by atoms with Crippen molar-refractivity contribution in [3.8, 4) is 11.5 Å². The number of nitrogens with one attached hydrogen (secondary N) is 1. The van der Waals surface area contributed by atoms with Gasteiger partial charge in [0.05, 0.1) is 26.9 Å². The van der Waals surface area contributed by atoms with Crippen LogP contribution in [0, 0.1) is 5.92 Å². The minimum absolute atomic E-state index is 0.0918. The zero-order valence-electron chi connectivity index (χ0n) is 13.9. The molecular weight excluding hydrogens is 266 g/mol. The van der Waals surface area contributed by atoms with Crippen molar-refractivity contribution in [3.63, 3.8) is 0 Å². The van der Waals surface area contributed by atoms with E-state index in [0.717, 1.165) is 36.0 Å². The second-order valence-corrected chi connectivity index (χ2v) is 5.56. The Balaban J connectivity index is 2.62. The third-order valence-electron chi connectivity index (χ3n) is 3.52. The Bertz CT molecular complexity index is 407. The third-order valence-corrected chi connectivity index (χ3v) is 3.52. The summed E-state index contributed by atoms with van der Waals surface area (Å²) in [5.41, 5.74) is 1.06. The van der Waals surface area contributed by atoms with Crippen LogP contribution in [0.3, 0.4) is 0 Å². The number of hydrogen-bond acceptors (Lipinski definition) is 4. The molecule has 0 saturated heterocycles. The van der Waals surface area contributed by atoms with Gasteiger partial charge in [-0.1, -0.05) is 13.8 Å². The van der Waals surface area contributed by atoms with Crippen molar-refractivity contribution in [2.75, 3.05) is 34.5 Å². The number of methoxy groups -OCH3 is 2. The molecule has 1 N–H and O–H groups in total. The first-order valence-corrected chi connectivity index (χ1v) is 7.59. The molecule has 0 radical (unpaired) electrons. The van der Waals surface area contributed by atoms with Gasteiger partial charge in [-0.2, -0.15) is 0 Å². The predicted octanol–water partition coefficient (Wildman–Crippen LogP) is 3.42. The molecule has 0 bridgehead atoms. The summed E-state index contributed by atoms with van der Waals surface area (Å²) in [5, 5.41) is 3.28. The molecule has 0 aliphatic heterocycles. The van der Waals surface area contributed by atoms with Crippen LogP contribution in [0.15, 0.2) is 18.2 Å². The van der Waals surface area contributed by atoms with E-state index in [4.69, 9.17) is 14.2 Å². The van der Waals surface area contributed by atoms with E-state index >= 15 is 0 Å². The highest BCUT2D eigenvalue weighted by Gasteiger charge is 2.15. The van der Waals surface area contributed by atoms with Gasteiger partial charge in [0.15, 0.2) is 0 Å². The molecule has 0 amide bonds. The van der Waals surface area contributed by atoms with Crippen LogP contribution in [0.5, 0.6) is 11.5 Å². The largest absolute Gasteiger partial charge is 0.497 e. The van der Waals surface area contributed by atoms with E-state index in [1.165, 1.54) is 6.42 Å². The lowest BCUT2D eigenvalue weighted by Gasteiger charge is -2.20. The summed E-state index contributed by atoms with van der Waals surface area (Å²) in [5.74, 6) is 2.40. The second-order valence-electron chi connectivity index (χ2n) is 5.56. The van der Waals surface area contributed by atoms with Gasteiger partial charge in [-0.25, -0.2) is 0 Å². The lowest BCUT2D eigenvalue weighted by atomic mass is 10.1. The van der Waals surface area contributed by atoms with Crippen LogP contribution in [0.2, 0.25) is 0 Å². The van der Waals surface area contributed by atoms with Crippen LogP contribution in [0.25, 0.3) is 0 Å². The van der Waals surface area contributed by atoms with Gasteiger partial charge in [0.25, 0.3) is 0 Å². The molecule has 0 heterocycles. The molecule has 1 aromatic carbocycles. The van der Waals surface area contributed by atoms with E-state index in [0.29, 0.717) is 6.61 Å². The molecule has 1 atom stereocenters. The lowest BCUT2D eigenvalue weighted by molar-refractivity contribution is 0.107. The molecule has 0 fully saturated rings. The van der Waals surface area contributed by atoms with Crippen LogP contribution in [-0.2, 0) is 4.74 Å². The number of ether oxygens (including phenoxy) is 3. The fraction of sp³-hybridized carbons (Fsp3) is 0.647. The molecule has 1 rings (SSSR count). The van der Waals surface area contributed by atoms with Crippen molar-refractivity contribution < 1.29 is 14.2 Å². The first-order valence-electron chi connectivity index (χ1n) is 7.59.